The maximum Gasteiger partial charge on any atom is 0.421 e. The van der Waals surface area contributed by atoms with E-state index in [1.54, 1.807) is 18.2 Å². The number of carbonyl (C=O) groups excluding carboxylic acids is 2. The second-order valence-corrected chi connectivity index (χ2v) is 14.8. The molecule has 0 unspecified atom stereocenters. The Morgan fingerprint density at radius 2 is 1.69 bits per heavy atom. The number of sulfonamides is 1. The van der Waals surface area contributed by atoms with Gasteiger partial charge >= 0.3 is 12.2 Å². The first-order chi connectivity index (χ1) is 25.7. The standard InChI is InChI=1S/C33H38F3N13O4S/c1-46(20-22-6-9-27(45-44-22)49-17-12-28(50)42-32(49)51)23-10-15-48(16-11-23)24-7-4-21(5-8-24)41-31-40-18-25(33(34,35)36)29(43-31)39-19-26-30(38-14-13-37-26)47(2)54(3,52)53/h4-9,13-14,18,23H,10-12,15-17,19-20H2,1-3H3,(H,42,50,51)(H2,39,40,41,43). The summed E-state index contributed by atoms with van der Waals surface area (Å²) in [5.74, 6) is -0.552. The van der Waals surface area contributed by atoms with Crippen LogP contribution in [0.15, 0.2) is 55.0 Å². The van der Waals surface area contributed by atoms with Crippen molar-refractivity contribution in [3.05, 3.63) is 71.9 Å². The van der Waals surface area contributed by atoms with Gasteiger partial charge in [-0.1, -0.05) is 0 Å². The Balaban J connectivity index is 1.04. The molecular formula is C33H38F3N13O4S. The van der Waals surface area contributed by atoms with E-state index in [4.69, 9.17) is 0 Å². The van der Waals surface area contributed by atoms with Crippen LogP contribution in [0.1, 0.15) is 36.2 Å². The zero-order valence-corrected chi connectivity index (χ0v) is 30.4. The number of hydrogen-bond acceptors (Lipinski definition) is 14. The van der Waals surface area contributed by atoms with Crippen LogP contribution in [0.5, 0.6) is 0 Å². The molecule has 0 radical (unpaired) electrons. The van der Waals surface area contributed by atoms with E-state index in [0.29, 0.717) is 30.3 Å². The number of anilines is 6. The van der Waals surface area contributed by atoms with Crippen molar-refractivity contribution in [3.63, 3.8) is 0 Å². The number of hydrogen-bond donors (Lipinski definition) is 3. The summed E-state index contributed by atoms with van der Waals surface area (Å²) in [6.07, 6.45) is 1.49. The molecule has 3 amide bonds. The first kappa shape index (κ1) is 38.0. The molecule has 3 N–H and O–H groups in total. The van der Waals surface area contributed by atoms with Gasteiger partial charge < -0.3 is 15.5 Å². The van der Waals surface area contributed by atoms with E-state index in [2.05, 4.69) is 55.9 Å². The number of rotatable bonds is 12. The minimum absolute atomic E-state index is 0.0334. The van der Waals surface area contributed by atoms with Gasteiger partial charge in [0, 0.05) is 75.7 Å². The van der Waals surface area contributed by atoms with E-state index in [1.807, 2.05) is 25.2 Å². The summed E-state index contributed by atoms with van der Waals surface area (Å²) in [5.41, 5.74) is 1.31. The van der Waals surface area contributed by atoms with Gasteiger partial charge in [0.05, 0.1) is 18.5 Å². The largest absolute Gasteiger partial charge is 0.421 e. The minimum atomic E-state index is -4.77. The molecule has 0 saturated carbocycles. The SMILES string of the molecule is CN(Cc1ccc(N2CCC(=O)NC2=O)nn1)C1CCN(c2ccc(Nc3ncc(C(F)(F)F)c(NCc4nccnc4N(C)S(C)(=O)=O)n3)cc2)CC1. The number of aromatic nitrogens is 6. The number of imide groups is 1. The number of carbonyl (C=O) groups is 2. The molecule has 0 spiro atoms. The van der Waals surface area contributed by atoms with Gasteiger partial charge in [-0.3, -0.25) is 29.2 Å². The van der Waals surface area contributed by atoms with Gasteiger partial charge in [-0.2, -0.15) is 23.3 Å². The highest BCUT2D eigenvalue weighted by molar-refractivity contribution is 7.92. The molecule has 2 aliphatic rings. The van der Waals surface area contributed by atoms with Gasteiger partial charge in [0.2, 0.25) is 21.9 Å². The summed E-state index contributed by atoms with van der Waals surface area (Å²) in [6.45, 7) is 2.15. The molecule has 2 saturated heterocycles. The smallest absolute Gasteiger partial charge is 0.371 e. The van der Waals surface area contributed by atoms with Crippen LogP contribution in [0.25, 0.3) is 0 Å². The predicted molar refractivity (Wildman–Crippen MR) is 194 cm³/mol. The first-order valence-corrected chi connectivity index (χ1v) is 18.7. The van der Waals surface area contributed by atoms with Crippen LogP contribution < -0.4 is 30.1 Å². The van der Waals surface area contributed by atoms with Crippen LogP contribution in [0.3, 0.4) is 0 Å². The number of benzene rings is 1. The summed E-state index contributed by atoms with van der Waals surface area (Å²) in [6, 6.07) is 10.8. The number of urea groups is 1. The number of nitrogens with zero attached hydrogens (tertiary/aromatic N) is 10. The third-order valence-corrected chi connectivity index (χ3v) is 10.3. The van der Waals surface area contributed by atoms with Gasteiger partial charge in [-0.05, 0) is 56.3 Å². The molecule has 0 aliphatic carbocycles. The molecule has 6 rings (SSSR count). The summed E-state index contributed by atoms with van der Waals surface area (Å²) in [5, 5.41) is 16.4. The molecule has 1 aromatic carbocycles. The van der Waals surface area contributed by atoms with E-state index >= 15 is 0 Å². The van der Waals surface area contributed by atoms with Crippen molar-refractivity contribution < 1.29 is 31.2 Å². The van der Waals surface area contributed by atoms with Crippen LogP contribution in [0.4, 0.5) is 52.7 Å². The molecule has 17 nitrogen and oxygen atoms in total. The fraction of sp³-hybridized carbons (Fsp3) is 0.394. The Hall–Kier alpha value is -5.70. The average Bonchev–Trinajstić information content (AvgIpc) is 3.14. The summed E-state index contributed by atoms with van der Waals surface area (Å²) < 4.78 is 66.7. The van der Waals surface area contributed by atoms with E-state index in [9.17, 15) is 31.2 Å². The molecule has 2 aliphatic heterocycles. The topological polar surface area (TPSA) is 195 Å². The molecular weight excluding hydrogens is 732 g/mol. The third-order valence-electron chi connectivity index (χ3n) is 9.09. The maximum absolute atomic E-state index is 13.9. The third kappa shape index (κ3) is 9.08. The molecule has 5 heterocycles. The highest BCUT2D eigenvalue weighted by Crippen LogP contribution is 2.35. The fourth-order valence-electron chi connectivity index (χ4n) is 6.05. The minimum Gasteiger partial charge on any atom is -0.371 e. The second-order valence-electron chi connectivity index (χ2n) is 12.8. The first-order valence-electron chi connectivity index (χ1n) is 16.8. The highest BCUT2D eigenvalue weighted by atomic mass is 32.2. The van der Waals surface area contributed by atoms with Crippen LogP contribution in [0, 0.1) is 0 Å². The van der Waals surface area contributed by atoms with Gasteiger partial charge in [0.1, 0.15) is 17.1 Å². The summed E-state index contributed by atoms with van der Waals surface area (Å²) >= 11 is 0. The van der Waals surface area contributed by atoms with Gasteiger partial charge in [0.25, 0.3) is 0 Å². The van der Waals surface area contributed by atoms with Gasteiger partial charge in [-0.15, -0.1) is 5.10 Å². The van der Waals surface area contributed by atoms with Crippen LogP contribution >= 0.6 is 0 Å². The van der Waals surface area contributed by atoms with Crippen LogP contribution in [-0.4, -0.2) is 101 Å². The Morgan fingerprint density at radius 3 is 2.33 bits per heavy atom. The zero-order chi connectivity index (χ0) is 38.6. The van der Waals surface area contributed by atoms with Crippen molar-refractivity contribution in [1.29, 1.82) is 0 Å². The van der Waals surface area contributed by atoms with Crippen LogP contribution in [-0.2, 0) is 34.1 Å². The molecule has 54 heavy (non-hydrogen) atoms. The maximum atomic E-state index is 13.9. The van der Waals surface area contributed by atoms with Crippen molar-refractivity contribution >= 4 is 56.7 Å². The quantitative estimate of drug-likeness (QED) is 0.190. The van der Waals surface area contributed by atoms with Crippen molar-refractivity contribution in [2.75, 3.05) is 64.7 Å². The lowest BCUT2D eigenvalue weighted by Crippen LogP contribution is -2.50. The monoisotopic (exact) mass is 769 g/mol. The normalized spacial score (nSPS) is 15.7. The van der Waals surface area contributed by atoms with E-state index in [-0.39, 0.29) is 42.9 Å². The van der Waals surface area contributed by atoms with Gasteiger partial charge in [0.15, 0.2) is 11.6 Å². The second kappa shape index (κ2) is 15.7. The molecule has 4 aromatic rings. The van der Waals surface area contributed by atoms with E-state index in [1.165, 1.54) is 24.3 Å². The molecule has 2 fully saturated rings. The van der Waals surface area contributed by atoms with E-state index < -0.39 is 33.6 Å². The highest BCUT2D eigenvalue weighted by Gasteiger charge is 2.35. The molecule has 21 heteroatoms. The zero-order valence-electron chi connectivity index (χ0n) is 29.6. The molecule has 0 atom stereocenters. The van der Waals surface area contributed by atoms with Crippen LogP contribution in [0.2, 0.25) is 0 Å². The lowest BCUT2D eigenvalue weighted by molar-refractivity contribution is -0.137. The lowest BCUT2D eigenvalue weighted by atomic mass is 10.0. The Labute approximate surface area is 309 Å². The van der Waals surface area contributed by atoms with E-state index in [0.717, 1.165) is 47.9 Å². The fourth-order valence-corrected chi connectivity index (χ4v) is 6.52. The molecule has 3 aromatic heterocycles. The number of amides is 3. The number of halogens is 3. The summed E-state index contributed by atoms with van der Waals surface area (Å²) in [7, 11) is -0.396. The van der Waals surface area contributed by atoms with Gasteiger partial charge in [-0.25, -0.2) is 23.2 Å². The number of alkyl halides is 3. The Bertz CT molecular complexity index is 2080. The van der Waals surface area contributed by atoms with Crippen molar-refractivity contribution in [1.82, 2.24) is 40.3 Å². The van der Waals surface area contributed by atoms with Crippen molar-refractivity contribution in [3.8, 4) is 0 Å². The predicted octanol–water partition coefficient (Wildman–Crippen LogP) is 3.37. The van der Waals surface area contributed by atoms with Crippen molar-refractivity contribution in [2.45, 2.75) is 44.6 Å². The lowest BCUT2D eigenvalue weighted by Gasteiger charge is -2.37. The molecule has 286 valence electrons. The Kier molecular flexibility index (Phi) is 11.1. The summed E-state index contributed by atoms with van der Waals surface area (Å²) in [4.78, 5) is 45.5. The average molecular weight is 770 g/mol. The number of piperidine rings is 1. The number of nitrogens with one attached hydrogen (secondary N) is 3. The molecule has 0 bridgehead atoms. The Morgan fingerprint density at radius 1 is 0.963 bits per heavy atom. The van der Waals surface area contributed by atoms with Crippen molar-refractivity contribution in [2.24, 2.45) is 0 Å².